The average Bonchev–Trinajstić information content (AvgIpc) is 2.38. The monoisotopic (exact) mass is 302 g/mol. The van der Waals surface area contributed by atoms with Crippen molar-refractivity contribution in [3.63, 3.8) is 0 Å². The van der Waals surface area contributed by atoms with Crippen molar-refractivity contribution < 1.29 is 17.6 Å². The van der Waals surface area contributed by atoms with Crippen LogP contribution in [0.5, 0.6) is 0 Å². The molecule has 0 aliphatic carbocycles. The Morgan fingerprint density at radius 3 is 2.40 bits per heavy atom. The number of sulfonamides is 1. The molecular formula is C13H19FN2O3S. The van der Waals surface area contributed by atoms with Gasteiger partial charge in [0.2, 0.25) is 15.9 Å². The molecule has 1 rings (SSSR count). The van der Waals surface area contributed by atoms with Gasteiger partial charge < -0.3 is 5.32 Å². The van der Waals surface area contributed by atoms with Gasteiger partial charge in [-0.05, 0) is 17.7 Å². The van der Waals surface area contributed by atoms with Gasteiger partial charge in [-0.2, -0.15) is 4.31 Å². The summed E-state index contributed by atoms with van der Waals surface area (Å²) in [5.74, 6) is -0.491. The molecule has 0 saturated carbocycles. The number of nitrogens with one attached hydrogen (secondary N) is 1. The number of carbonyl (C=O) groups is 1. The number of hydrogen-bond acceptors (Lipinski definition) is 3. The van der Waals surface area contributed by atoms with Gasteiger partial charge in [-0.15, -0.1) is 0 Å². The second kappa shape index (κ2) is 7.35. The smallest absolute Gasteiger partial charge is 0.219 e. The maximum atomic E-state index is 12.8. The van der Waals surface area contributed by atoms with Crippen molar-refractivity contribution >= 4 is 15.9 Å². The number of halogens is 1. The highest BCUT2D eigenvalue weighted by atomic mass is 32.2. The fourth-order valence-corrected chi connectivity index (χ4v) is 2.41. The molecule has 1 aromatic carbocycles. The topological polar surface area (TPSA) is 66.5 Å². The fraction of sp³-hybridized carbons (Fsp3) is 0.462. The van der Waals surface area contributed by atoms with Crippen LogP contribution in [0.15, 0.2) is 24.3 Å². The second-order valence-corrected chi connectivity index (χ2v) is 6.41. The molecule has 1 amide bonds. The Morgan fingerprint density at radius 2 is 1.90 bits per heavy atom. The highest BCUT2D eigenvalue weighted by Gasteiger charge is 2.16. The van der Waals surface area contributed by atoms with Gasteiger partial charge in [-0.1, -0.05) is 19.1 Å². The molecule has 0 radical (unpaired) electrons. The number of nitrogens with zero attached hydrogens (tertiary/aromatic N) is 1. The first-order valence-corrected chi connectivity index (χ1v) is 8.14. The lowest BCUT2D eigenvalue weighted by molar-refractivity contribution is -0.120. The van der Waals surface area contributed by atoms with Crippen molar-refractivity contribution in [3.05, 3.63) is 35.6 Å². The van der Waals surface area contributed by atoms with Crippen LogP contribution in [0.2, 0.25) is 0 Å². The van der Waals surface area contributed by atoms with Gasteiger partial charge >= 0.3 is 0 Å². The van der Waals surface area contributed by atoms with Gasteiger partial charge in [0.05, 0.1) is 6.26 Å². The Labute approximate surface area is 118 Å². The van der Waals surface area contributed by atoms with Crippen LogP contribution in [0.4, 0.5) is 4.39 Å². The van der Waals surface area contributed by atoms with Crippen LogP contribution in [-0.2, 0) is 21.4 Å². The highest BCUT2D eigenvalue weighted by molar-refractivity contribution is 7.88. The molecule has 7 heteroatoms. The zero-order valence-electron chi connectivity index (χ0n) is 11.6. The van der Waals surface area contributed by atoms with Gasteiger partial charge in [-0.3, -0.25) is 4.79 Å². The van der Waals surface area contributed by atoms with Gasteiger partial charge in [-0.25, -0.2) is 12.8 Å². The molecule has 0 unspecified atom stereocenters. The van der Waals surface area contributed by atoms with Gasteiger partial charge in [0, 0.05) is 26.1 Å². The third-order valence-corrected chi connectivity index (χ3v) is 4.00. The molecule has 112 valence electrons. The Morgan fingerprint density at radius 1 is 1.30 bits per heavy atom. The van der Waals surface area contributed by atoms with Crippen molar-refractivity contribution in [1.29, 1.82) is 0 Å². The van der Waals surface area contributed by atoms with Crippen LogP contribution in [0, 0.1) is 5.82 Å². The van der Waals surface area contributed by atoms with E-state index in [4.69, 9.17) is 0 Å². The minimum atomic E-state index is -3.39. The van der Waals surface area contributed by atoms with Crippen LogP contribution >= 0.6 is 0 Å². The molecule has 0 atom stereocenters. The number of amides is 1. The highest BCUT2D eigenvalue weighted by Crippen LogP contribution is 2.09. The summed E-state index contributed by atoms with van der Waals surface area (Å²) in [5.41, 5.74) is 0.693. The molecule has 0 spiro atoms. The first-order valence-electron chi connectivity index (χ1n) is 6.29. The zero-order valence-corrected chi connectivity index (χ0v) is 12.4. The summed E-state index contributed by atoms with van der Waals surface area (Å²) >= 11 is 0. The zero-order chi connectivity index (χ0) is 15.2. The predicted octanol–water partition coefficient (Wildman–Crippen LogP) is 1.11. The first-order chi connectivity index (χ1) is 9.32. The standard InChI is InChI=1S/C13H19FN2O3S/c1-3-13(17)15-8-9-16(20(2,18)19)10-11-4-6-12(14)7-5-11/h4-7H,3,8-10H2,1-2H3,(H,15,17). The van der Waals surface area contributed by atoms with E-state index >= 15 is 0 Å². The van der Waals surface area contributed by atoms with Crippen LogP contribution < -0.4 is 5.32 Å². The summed E-state index contributed by atoms with van der Waals surface area (Å²) in [6.45, 7) is 2.31. The quantitative estimate of drug-likeness (QED) is 0.820. The van der Waals surface area contributed by atoms with Crippen molar-refractivity contribution in [2.45, 2.75) is 19.9 Å². The Kier molecular flexibility index (Phi) is 6.09. The summed E-state index contributed by atoms with van der Waals surface area (Å²) in [4.78, 5) is 11.1. The van der Waals surface area contributed by atoms with Crippen molar-refractivity contribution in [2.75, 3.05) is 19.3 Å². The van der Waals surface area contributed by atoms with Gasteiger partial charge in [0.1, 0.15) is 5.82 Å². The molecule has 1 aromatic rings. The summed E-state index contributed by atoms with van der Waals surface area (Å²) in [6.07, 6.45) is 1.47. The van der Waals surface area contributed by atoms with Crippen molar-refractivity contribution in [2.24, 2.45) is 0 Å². The molecule has 0 heterocycles. The van der Waals surface area contributed by atoms with E-state index in [0.717, 1.165) is 6.26 Å². The average molecular weight is 302 g/mol. The molecule has 0 fully saturated rings. The Balaban J connectivity index is 2.66. The van der Waals surface area contributed by atoms with E-state index in [0.29, 0.717) is 12.0 Å². The van der Waals surface area contributed by atoms with Gasteiger partial charge in [0.15, 0.2) is 0 Å². The predicted molar refractivity (Wildman–Crippen MR) is 75.0 cm³/mol. The fourth-order valence-electron chi connectivity index (χ4n) is 1.60. The lowest BCUT2D eigenvalue weighted by Crippen LogP contribution is -2.37. The molecule has 0 aliphatic rings. The van der Waals surface area contributed by atoms with E-state index in [2.05, 4.69) is 5.32 Å². The van der Waals surface area contributed by atoms with E-state index in [1.807, 2.05) is 0 Å². The maximum absolute atomic E-state index is 12.8. The Bertz CT molecular complexity index is 543. The molecule has 0 bridgehead atoms. The third kappa shape index (κ3) is 5.66. The third-order valence-electron chi connectivity index (χ3n) is 2.75. The van der Waals surface area contributed by atoms with E-state index < -0.39 is 10.0 Å². The van der Waals surface area contributed by atoms with E-state index in [9.17, 15) is 17.6 Å². The van der Waals surface area contributed by atoms with Crippen LogP contribution in [0.25, 0.3) is 0 Å². The van der Waals surface area contributed by atoms with Crippen molar-refractivity contribution in [3.8, 4) is 0 Å². The lowest BCUT2D eigenvalue weighted by Gasteiger charge is -2.20. The van der Waals surface area contributed by atoms with Gasteiger partial charge in [0.25, 0.3) is 0 Å². The van der Waals surface area contributed by atoms with Crippen LogP contribution in [0.3, 0.4) is 0 Å². The molecule has 0 saturated heterocycles. The van der Waals surface area contributed by atoms with E-state index in [1.54, 1.807) is 6.92 Å². The molecule has 20 heavy (non-hydrogen) atoms. The number of benzene rings is 1. The molecule has 0 aromatic heterocycles. The molecular weight excluding hydrogens is 283 g/mol. The number of carbonyl (C=O) groups excluding carboxylic acids is 1. The van der Waals surface area contributed by atoms with E-state index in [-0.39, 0.29) is 31.4 Å². The summed E-state index contributed by atoms with van der Waals surface area (Å²) in [7, 11) is -3.39. The minimum absolute atomic E-state index is 0.125. The Hall–Kier alpha value is -1.47. The van der Waals surface area contributed by atoms with Crippen LogP contribution in [0.1, 0.15) is 18.9 Å². The summed E-state index contributed by atoms with van der Waals surface area (Å²) in [6, 6.07) is 5.65. The largest absolute Gasteiger partial charge is 0.355 e. The number of rotatable bonds is 7. The normalized spacial score (nSPS) is 11.6. The minimum Gasteiger partial charge on any atom is -0.355 e. The van der Waals surface area contributed by atoms with E-state index in [1.165, 1.54) is 28.6 Å². The van der Waals surface area contributed by atoms with Crippen LogP contribution in [-0.4, -0.2) is 38.0 Å². The number of hydrogen-bond donors (Lipinski definition) is 1. The lowest BCUT2D eigenvalue weighted by atomic mass is 10.2. The maximum Gasteiger partial charge on any atom is 0.219 e. The SMILES string of the molecule is CCC(=O)NCCN(Cc1ccc(F)cc1)S(C)(=O)=O. The summed E-state index contributed by atoms with van der Waals surface area (Å²) in [5, 5.41) is 2.62. The molecule has 0 aliphatic heterocycles. The molecule has 5 nitrogen and oxygen atoms in total. The second-order valence-electron chi connectivity index (χ2n) is 4.43. The molecule has 1 N–H and O–H groups in total. The van der Waals surface area contributed by atoms with Crippen molar-refractivity contribution in [1.82, 2.24) is 9.62 Å². The first kappa shape index (κ1) is 16.6. The summed E-state index contributed by atoms with van der Waals surface area (Å²) < 4.78 is 37.4.